The van der Waals surface area contributed by atoms with Crippen LogP contribution >= 0.6 is 11.6 Å². The molecule has 1 aliphatic rings. The summed E-state index contributed by atoms with van der Waals surface area (Å²) in [6.07, 6.45) is 1.49. The molecule has 1 amide bonds. The maximum Gasteiger partial charge on any atom is 0.253 e. The van der Waals surface area contributed by atoms with Crippen LogP contribution in [0.1, 0.15) is 38.1 Å². The molecule has 0 bridgehead atoms. The zero-order valence-corrected chi connectivity index (χ0v) is 12.7. The van der Waals surface area contributed by atoms with E-state index in [4.69, 9.17) is 11.6 Å². The summed E-state index contributed by atoms with van der Waals surface area (Å²) >= 11 is 6.04. The number of anilines is 1. The van der Waals surface area contributed by atoms with Crippen LogP contribution in [0.25, 0.3) is 0 Å². The second-order valence-electron chi connectivity index (χ2n) is 6.15. The molecule has 1 aliphatic carbocycles. The van der Waals surface area contributed by atoms with Crippen LogP contribution in [0.3, 0.4) is 0 Å². The van der Waals surface area contributed by atoms with E-state index < -0.39 is 0 Å². The van der Waals surface area contributed by atoms with Gasteiger partial charge in [-0.05, 0) is 16.9 Å². The van der Waals surface area contributed by atoms with E-state index in [0.717, 1.165) is 0 Å². The molecule has 2 rings (SSSR count). The minimum absolute atomic E-state index is 0.105. The van der Waals surface area contributed by atoms with E-state index in [-0.39, 0.29) is 22.8 Å². The van der Waals surface area contributed by atoms with E-state index in [1.165, 1.54) is 6.20 Å². The van der Waals surface area contributed by atoms with Crippen LogP contribution in [0.15, 0.2) is 12.3 Å². The van der Waals surface area contributed by atoms with Crippen molar-refractivity contribution in [3.8, 4) is 0 Å². The van der Waals surface area contributed by atoms with Crippen LogP contribution < -0.4 is 10.6 Å². The van der Waals surface area contributed by atoms with E-state index in [1.54, 1.807) is 13.1 Å². The number of nitrogens with one attached hydrogen (secondary N) is 2. The second-order valence-corrected chi connectivity index (χ2v) is 6.56. The highest BCUT2D eigenvalue weighted by molar-refractivity contribution is 6.33. The van der Waals surface area contributed by atoms with Crippen LogP contribution in [-0.2, 0) is 0 Å². The Hall–Kier alpha value is -1.29. The molecule has 0 radical (unpaired) electrons. The van der Waals surface area contributed by atoms with Gasteiger partial charge >= 0.3 is 0 Å². The van der Waals surface area contributed by atoms with Gasteiger partial charge < -0.3 is 10.6 Å². The predicted octanol–water partition coefficient (Wildman–Crippen LogP) is 2.94. The van der Waals surface area contributed by atoms with Crippen LogP contribution in [0.4, 0.5) is 5.82 Å². The van der Waals surface area contributed by atoms with Crippen molar-refractivity contribution in [3.05, 3.63) is 22.8 Å². The third-order valence-electron chi connectivity index (χ3n) is 4.65. The van der Waals surface area contributed by atoms with Crippen LogP contribution in [0.5, 0.6) is 0 Å². The van der Waals surface area contributed by atoms with E-state index in [0.29, 0.717) is 16.4 Å². The van der Waals surface area contributed by atoms with Gasteiger partial charge in [0.05, 0.1) is 10.6 Å². The summed E-state index contributed by atoms with van der Waals surface area (Å²) in [5.74, 6) is 0.483. The smallest absolute Gasteiger partial charge is 0.253 e. The summed E-state index contributed by atoms with van der Waals surface area (Å²) in [5, 5.41) is 6.33. The van der Waals surface area contributed by atoms with Gasteiger partial charge in [-0.25, -0.2) is 4.98 Å². The number of carbonyl (C=O) groups excluding carboxylic acids is 1. The Bertz CT molecular complexity index is 511. The van der Waals surface area contributed by atoms with Crippen LogP contribution in [0, 0.1) is 10.8 Å². The Morgan fingerprint density at radius 2 is 1.89 bits per heavy atom. The Balaban J connectivity index is 2.18. The lowest BCUT2D eigenvalue weighted by atomic mass is 10.0. The lowest BCUT2D eigenvalue weighted by Crippen LogP contribution is -2.30. The van der Waals surface area contributed by atoms with Crippen molar-refractivity contribution in [2.45, 2.75) is 33.7 Å². The lowest BCUT2D eigenvalue weighted by molar-refractivity contribution is 0.0943. The largest absolute Gasteiger partial charge is 0.373 e. The number of carbonyl (C=O) groups is 1. The maximum absolute atomic E-state index is 12.3. The summed E-state index contributed by atoms with van der Waals surface area (Å²) in [5.41, 5.74) is 0.668. The van der Waals surface area contributed by atoms with Crippen molar-refractivity contribution in [1.29, 1.82) is 0 Å². The summed E-state index contributed by atoms with van der Waals surface area (Å²) < 4.78 is 0. The molecule has 104 valence electrons. The summed E-state index contributed by atoms with van der Waals surface area (Å²) in [4.78, 5) is 16.4. The molecular weight excluding hydrogens is 262 g/mol. The van der Waals surface area contributed by atoms with Gasteiger partial charge in [-0.3, -0.25) is 4.79 Å². The first-order chi connectivity index (χ1) is 8.71. The quantitative estimate of drug-likeness (QED) is 0.896. The predicted molar refractivity (Wildman–Crippen MR) is 77.6 cm³/mol. The average Bonchev–Trinajstić information content (AvgIpc) is 2.72. The van der Waals surface area contributed by atoms with Gasteiger partial charge in [-0.1, -0.05) is 39.3 Å². The molecule has 4 nitrogen and oxygen atoms in total. The number of pyridine rings is 1. The SMILES string of the molecule is CNc1cc(C(=O)NC2C(C)(C)C2(C)C)c(Cl)cn1. The molecule has 5 heteroatoms. The molecule has 0 atom stereocenters. The highest BCUT2D eigenvalue weighted by Crippen LogP contribution is 2.62. The number of rotatable bonds is 3. The highest BCUT2D eigenvalue weighted by Gasteiger charge is 2.65. The summed E-state index contributed by atoms with van der Waals surface area (Å²) in [6.45, 7) is 8.63. The molecule has 1 fully saturated rings. The first-order valence-corrected chi connectivity index (χ1v) is 6.73. The van der Waals surface area contributed by atoms with Crippen molar-refractivity contribution in [2.24, 2.45) is 10.8 Å². The molecule has 0 aromatic carbocycles. The Kier molecular flexibility index (Phi) is 3.25. The Morgan fingerprint density at radius 1 is 1.32 bits per heavy atom. The van der Waals surface area contributed by atoms with E-state index in [9.17, 15) is 4.79 Å². The normalized spacial score (nSPS) is 19.9. The zero-order chi connectivity index (χ0) is 14.4. The fourth-order valence-corrected chi connectivity index (χ4v) is 2.70. The van der Waals surface area contributed by atoms with Crippen molar-refractivity contribution in [3.63, 3.8) is 0 Å². The number of hydrogen-bond acceptors (Lipinski definition) is 3. The van der Waals surface area contributed by atoms with Crippen LogP contribution in [0.2, 0.25) is 5.02 Å². The number of halogens is 1. The lowest BCUT2D eigenvalue weighted by Gasteiger charge is -2.09. The monoisotopic (exact) mass is 281 g/mol. The van der Waals surface area contributed by atoms with Gasteiger partial charge in [-0.2, -0.15) is 0 Å². The number of amides is 1. The Morgan fingerprint density at radius 3 is 2.37 bits per heavy atom. The van der Waals surface area contributed by atoms with Crippen molar-refractivity contribution >= 4 is 23.3 Å². The van der Waals surface area contributed by atoms with Gasteiger partial charge in [0, 0.05) is 19.3 Å². The molecule has 1 heterocycles. The molecule has 2 N–H and O–H groups in total. The van der Waals surface area contributed by atoms with E-state index in [1.807, 2.05) is 0 Å². The van der Waals surface area contributed by atoms with Gasteiger partial charge in [0.1, 0.15) is 5.82 Å². The van der Waals surface area contributed by atoms with Crippen molar-refractivity contribution in [1.82, 2.24) is 10.3 Å². The number of nitrogens with zero attached hydrogens (tertiary/aromatic N) is 1. The first-order valence-electron chi connectivity index (χ1n) is 6.36. The molecule has 0 saturated heterocycles. The van der Waals surface area contributed by atoms with Crippen molar-refractivity contribution in [2.75, 3.05) is 12.4 Å². The van der Waals surface area contributed by atoms with Gasteiger partial charge in [0.25, 0.3) is 5.91 Å². The third kappa shape index (κ3) is 2.18. The number of aromatic nitrogens is 1. The summed E-state index contributed by atoms with van der Waals surface area (Å²) in [6, 6.07) is 1.83. The first kappa shape index (κ1) is 14.1. The minimum Gasteiger partial charge on any atom is -0.373 e. The number of hydrogen-bond donors (Lipinski definition) is 2. The minimum atomic E-state index is -0.146. The molecule has 19 heavy (non-hydrogen) atoms. The standard InChI is InChI=1S/C14H20ClN3O/c1-13(2)12(14(13,3)4)18-11(19)8-6-10(16-5)17-7-9(8)15/h6-7,12H,1-5H3,(H,16,17)(H,18,19). The van der Waals surface area contributed by atoms with Gasteiger partial charge in [0.2, 0.25) is 0 Å². The van der Waals surface area contributed by atoms with E-state index >= 15 is 0 Å². The molecular formula is C14H20ClN3O. The van der Waals surface area contributed by atoms with Crippen LogP contribution in [-0.4, -0.2) is 24.0 Å². The fraction of sp³-hybridized carbons (Fsp3) is 0.571. The zero-order valence-electron chi connectivity index (χ0n) is 12.0. The third-order valence-corrected chi connectivity index (χ3v) is 4.95. The average molecular weight is 282 g/mol. The molecule has 1 aromatic rings. The summed E-state index contributed by atoms with van der Waals surface area (Å²) in [7, 11) is 1.75. The van der Waals surface area contributed by atoms with E-state index in [2.05, 4.69) is 43.3 Å². The molecule has 1 saturated carbocycles. The maximum atomic E-state index is 12.3. The highest BCUT2D eigenvalue weighted by atomic mass is 35.5. The van der Waals surface area contributed by atoms with Crippen molar-refractivity contribution < 1.29 is 4.79 Å². The van der Waals surface area contributed by atoms with Gasteiger partial charge in [-0.15, -0.1) is 0 Å². The Labute approximate surface area is 118 Å². The molecule has 0 spiro atoms. The van der Waals surface area contributed by atoms with Gasteiger partial charge in [0.15, 0.2) is 0 Å². The molecule has 0 unspecified atom stereocenters. The molecule has 0 aliphatic heterocycles. The fourth-order valence-electron chi connectivity index (χ4n) is 2.52. The second kappa shape index (κ2) is 4.37. The molecule has 1 aromatic heterocycles. The topological polar surface area (TPSA) is 54.0 Å².